The van der Waals surface area contributed by atoms with Crippen molar-refractivity contribution in [3.8, 4) is 5.75 Å². The Balaban J connectivity index is 1.91. The Morgan fingerprint density at radius 2 is 1.91 bits per heavy atom. The fourth-order valence-corrected chi connectivity index (χ4v) is 4.82. The highest BCUT2D eigenvalue weighted by Crippen LogP contribution is 2.43. The van der Waals surface area contributed by atoms with Crippen molar-refractivity contribution in [1.82, 2.24) is 9.55 Å². The van der Waals surface area contributed by atoms with E-state index in [1.54, 1.807) is 20.1 Å². The van der Waals surface area contributed by atoms with Crippen LogP contribution in [0.3, 0.4) is 0 Å². The summed E-state index contributed by atoms with van der Waals surface area (Å²) in [7, 11) is 2.95. The zero-order chi connectivity index (χ0) is 24.0. The maximum Gasteiger partial charge on any atom is 0.356 e. The minimum Gasteiger partial charge on any atom is -0.497 e. The van der Waals surface area contributed by atoms with E-state index < -0.39 is 17.9 Å². The Bertz CT molecular complexity index is 1480. The molecule has 1 aliphatic rings. The smallest absolute Gasteiger partial charge is 0.356 e. The van der Waals surface area contributed by atoms with Gasteiger partial charge in [-0.05, 0) is 42.3 Å². The van der Waals surface area contributed by atoms with Crippen LogP contribution >= 0.6 is 0 Å². The van der Waals surface area contributed by atoms with Gasteiger partial charge in [0.1, 0.15) is 11.4 Å². The van der Waals surface area contributed by atoms with Gasteiger partial charge in [0.25, 0.3) is 0 Å². The van der Waals surface area contributed by atoms with E-state index in [0.29, 0.717) is 18.0 Å². The number of hydrogen-bond donors (Lipinski definition) is 0. The summed E-state index contributed by atoms with van der Waals surface area (Å²) in [5.41, 5.74) is 4.67. The van der Waals surface area contributed by atoms with Crippen LogP contribution in [0.25, 0.3) is 21.8 Å². The van der Waals surface area contributed by atoms with E-state index in [0.717, 1.165) is 32.9 Å². The molecule has 0 aliphatic carbocycles. The first-order chi connectivity index (χ1) is 16.5. The summed E-state index contributed by atoms with van der Waals surface area (Å²) in [4.78, 5) is 30.2. The number of benzene rings is 2. The van der Waals surface area contributed by atoms with E-state index in [2.05, 4.69) is 11.1 Å². The van der Waals surface area contributed by atoms with Crippen molar-refractivity contribution in [2.24, 2.45) is 0 Å². The predicted octanol–water partition coefficient (Wildman–Crippen LogP) is 4.60. The molecule has 0 radical (unpaired) electrons. The number of esters is 2. The number of rotatable bonds is 5. The van der Waals surface area contributed by atoms with Crippen molar-refractivity contribution in [2.75, 3.05) is 20.8 Å². The lowest BCUT2D eigenvalue weighted by Crippen LogP contribution is -2.18. The molecule has 5 rings (SSSR count). The molecule has 2 aromatic carbocycles. The second kappa shape index (κ2) is 8.33. The van der Waals surface area contributed by atoms with Crippen molar-refractivity contribution in [3.05, 3.63) is 83.2 Å². The fraction of sp³-hybridized carbons (Fsp3) is 0.222. The van der Waals surface area contributed by atoms with Gasteiger partial charge in [-0.25, -0.2) is 14.6 Å². The lowest BCUT2D eigenvalue weighted by molar-refractivity contribution is -0.138. The molecule has 172 valence electrons. The van der Waals surface area contributed by atoms with Gasteiger partial charge in [-0.3, -0.25) is 0 Å². The Hall–Kier alpha value is -4.13. The fourth-order valence-electron chi connectivity index (χ4n) is 4.82. The highest BCUT2D eigenvalue weighted by Gasteiger charge is 2.34. The molecule has 1 atom stereocenters. The standard InChI is InChI=1S/C27H24N2O5/c1-5-34-26(30)15(2)23-18-11-10-17(32-3)12-16(18)14-29-22-9-7-6-8-19(22)20-13-21(27(31)33-4)28-24(23)25(20)29/h6-13,23H,2,5,14H2,1,3-4H3. The molecule has 34 heavy (non-hydrogen) atoms. The summed E-state index contributed by atoms with van der Waals surface area (Å²) in [5, 5.41) is 1.85. The van der Waals surface area contributed by atoms with Crippen molar-refractivity contribution >= 4 is 33.7 Å². The van der Waals surface area contributed by atoms with Crippen molar-refractivity contribution in [1.29, 1.82) is 0 Å². The summed E-state index contributed by atoms with van der Waals surface area (Å²) < 4.78 is 18.0. The van der Waals surface area contributed by atoms with Gasteiger partial charge < -0.3 is 18.8 Å². The quantitative estimate of drug-likeness (QED) is 0.323. The lowest BCUT2D eigenvalue weighted by Gasteiger charge is -2.21. The summed E-state index contributed by atoms with van der Waals surface area (Å²) in [6, 6.07) is 15.5. The van der Waals surface area contributed by atoms with E-state index in [9.17, 15) is 9.59 Å². The molecule has 0 amide bonds. The number of carbonyl (C=O) groups excluding carboxylic acids is 2. The molecule has 0 spiro atoms. The maximum absolute atomic E-state index is 12.9. The second-order valence-corrected chi connectivity index (χ2v) is 8.13. The van der Waals surface area contributed by atoms with E-state index in [-0.39, 0.29) is 17.9 Å². The number of carbonyl (C=O) groups is 2. The third-order valence-corrected chi connectivity index (χ3v) is 6.32. The number of aromatic nitrogens is 2. The van der Waals surface area contributed by atoms with Gasteiger partial charge in [0, 0.05) is 28.4 Å². The summed E-state index contributed by atoms with van der Waals surface area (Å²) in [6.07, 6.45) is 0. The molecular formula is C27H24N2O5. The molecule has 3 heterocycles. The van der Waals surface area contributed by atoms with Crippen LogP contribution in [0.5, 0.6) is 5.75 Å². The number of nitrogens with zero attached hydrogens (tertiary/aromatic N) is 2. The molecule has 0 saturated carbocycles. The largest absolute Gasteiger partial charge is 0.497 e. The third-order valence-electron chi connectivity index (χ3n) is 6.32. The Morgan fingerprint density at radius 3 is 2.65 bits per heavy atom. The van der Waals surface area contributed by atoms with E-state index in [1.807, 2.05) is 42.5 Å². The van der Waals surface area contributed by atoms with Gasteiger partial charge in [-0.2, -0.15) is 0 Å². The zero-order valence-electron chi connectivity index (χ0n) is 19.3. The average molecular weight is 456 g/mol. The first-order valence-electron chi connectivity index (χ1n) is 11.0. The van der Waals surface area contributed by atoms with Gasteiger partial charge >= 0.3 is 11.9 Å². The van der Waals surface area contributed by atoms with Gasteiger partial charge in [0.05, 0.1) is 38.0 Å². The Morgan fingerprint density at radius 1 is 1.12 bits per heavy atom. The Labute approximate surface area is 196 Å². The SMILES string of the molecule is C=C(C(=O)OCC)C1c2ccc(OC)cc2Cn2c3ccccc3c3cc(C(=O)OC)nc1c32. The number of hydrogen-bond acceptors (Lipinski definition) is 6. The van der Waals surface area contributed by atoms with Gasteiger partial charge in [-0.1, -0.05) is 30.8 Å². The van der Waals surface area contributed by atoms with Crippen LogP contribution in [0.15, 0.2) is 60.7 Å². The minimum absolute atomic E-state index is 0.173. The molecule has 7 heteroatoms. The van der Waals surface area contributed by atoms with Crippen LogP contribution in [0.4, 0.5) is 0 Å². The molecule has 4 aromatic rings. The average Bonchev–Trinajstić information content (AvgIpc) is 3.09. The number of pyridine rings is 1. The number of ether oxygens (including phenoxy) is 3. The number of fused-ring (bicyclic) bond motifs is 4. The van der Waals surface area contributed by atoms with E-state index in [4.69, 9.17) is 19.2 Å². The van der Waals surface area contributed by atoms with Crippen LogP contribution in [0, 0.1) is 0 Å². The summed E-state index contributed by atoms with van der Waals surface area (Å²) in [5.74, 6) is -0.953. The second-order valence-electron chi connectivity index (χ2n) is 8.13. The van der Waals surface area contributed by atoms with Crippen LogP contribution in [0.1, 0.15) is 40.2 Å². The number of para-hydroxylation sites is 1. The van der Waals surface area contributed by atoms with E-state index >= 15 is 0 Å². The summed E-state index contributed by atoms with van der Waals surface area (Å²) in [6.45, 7) is 6.64. The maximum atomic E-state index is 12.9. The van der Waals surface area contributed by atoms with Gasteiger partial charge in [-0.15, -0.1) is 0 Å². The van der Waals surface area contributed by atoms with Crippen molar-refractivity contribution < 1.29 is 23.8 Å². The Kier molecular flexibility index (Phi) is 5.32. The monoisotopic (exact) mass is 456 g/mol. The number of methoxy groups -OCH3 is 2. The van der Waals surface area contributed by atoms with Crippen LogP contribution < -0.4 is 4.74 Å². The third kappa shape index (κ3) is 3.23. The van der Waals surface area contributed by atoms with E-state index in [1.165, 1.54) is 7.11 Å². The molecule has 7 nitrogen and oxygen atoms in total. The topological polar surface area (TPSA) is 79.7 Å². The van der Waals surface area contributed by atoms with Gasteiger partial charge in [0.2, 0.25) is 0 Å². The first kappa shape index (κ1) is 21.7. The normalized spacial score (nSPS) is 14.4. The minimum atomic E-state index is -0.613. The molecule has 2 aromatic heterocycles. The highest BCUT2D eigenvalue weighted by molar-refractivity contribution is 6.11. The van der Waals surface area contributed by atoms with Crippen molar-refractivity contribution in [2.45, 2.75) is 19.4 Å². The molecule has 0 bridgehead atoms. The van der Waals surface area contributed by atoms with Gasteiger partial charge in [0.15, 0.2) is 0 Å². The first-order valence-corrected chi connectivity index (χ1v) is 11.0. The highest BCUT2D eigenvalue weighted by atomic mass is 16.5. The molecule has 1 unspecified atom stereocenters. The summed E-state index contributed by atoms with van der Waals surface area (Å²) >= 11 is 0. The lowest BCUT2D eigenvalue weighted by atomic mass is 9.85. The zero-order valence-corrected chi connectivity index (χ0v) is 19.3. The predicted molar refractivity (Wildman–Crippen MR) is 128 cm³/mol. The molecule has 1 aliphatic heterocycles. The van der Waals surface area contributed by atoms with Crippen LogP contribution in [0.2, 0.25) is 0 Å². The molecule has 0 fully saturated rings. The van der Waals surface area contributed by atoms with Crippen LogP contribution in [-0.4, -0.2) is 42.3 Å². The molecule has 0 N–H and O–H groups in total. The van der Waals surface area contributed by atoms with Crippen molar-refractivity contribution in [3.63, 3.8) is 0 Å². The molecular weight excluding hydrogens is 432 g/mol. The molecule has 0 saturated heterocycles. The van der Waals surface area contributed by atoms with Crippen LogP contribution in [-0.2, 0) is 20.8 Å².